The molecule has 2 heterocycles. The number of piperidine rings is 1. The van der Waals surface area contributed by atoms with Crippen molar-refractivity contribution in [3.63, 3.8) is 0 Å². The van der Waals surface area contributed by atoms with E-state index in [2.05, 4.69) is 21.9 Å². The van der Waals surface area contributed by atoms with Gasteiger partial charge in [0.05, 0.1) is 0 Å². The lowest BCUT2D eigenvalue weighted by Crippen LogP contribution is -2.45. The topological polar surface area (TPSA) is 43.8 Å². The van der Waals surface area contributed by atoms with Crippen molar-refractivity contribution in [2.24, 2.45) is 11.8 Å². The maximum Gasteiger partial charge on any atom is 0.321 e. The molecule has 0 saturated carbocycles. The van der Waals surface area contributed by atoms with Crippen LogP contribution in [0, 0.1) is 17.7 Å². The van der Waals surface area contributed by atoms with Gasteiger partial charge in [0, 0.05) is 38.6 Å². The number of rotatable bonds is 10. The molecular formula is C30H40F2N2O2. The van der Waals surface area contributed by atoms with E-state index in [-0.39, 0.29) is 23.6 Å². The Hall–Kier alpha value is -2.31. The monoisotopic (exact) mass is 498 g/mol. The molecule has 0 amide bonds. The van der Waals surface area contributed by atoms with E-state index < -0.39 is 17.7 Å². The summed E-state index contributed by atoms with van der Waals surface area (Å²) in [5, 5.41) is 9.86. The van der Waals surface area contributed by atoms with Crippen molar-refractivity contribution in [3.05, 3.63) is 71.5 Å². The van der Waals surface area contributed by atoms with Gasteiger partial charge in [-0.1, -0.05) is 56.3 Å². The minimum atomic E-state index is -1.11. The molecule has 2 saturated heterocycles. The van der Waals surface area contributed by atoms with Crippen LogP contribution in [0.25, 0.3) is 0 Å². The number of alkyl halides is 1. The summed E-state index contributed by atoms with van der Waals surface area (Å²) in [4.78, 5) is 16.4. The Morgan fingerprint density at radius 1 is 1.08 bits per heavy atom. The number of halogens is 2. The zero-order valence-electron chi connectivity index (χ0n) is 21.6. The quantitative estimate of drug-likeness (QED) is 0.451. The molecule has 0 aromatic heterocycles. The van der Waals surface area contributed by atoms with E-state index in [1.165, 1.54) is 11.6 Å². The summed E-state index contributed by atoms with van der Waals surface area (Å²) in [7, 11) is 0. The Morgan fingerprint density at radius 3 is 2.44 bits per heavy atom. The average molecular weight is 499 g/mol. The van der Waals surface area contributed by atoms with Crippen molar-refractivity contribution < 1.29 is 18.7 Å². The molecule has 2 aliphatic heterocycles. The first kappa shape index (κ1) is 26.7. The third-order valence-electron chi connectivity index (χ3n) is 8.20. The zero-order valence-corrected chi connectivity index (χ0v) is 21.6. The normalized spacial score (nSPS) is 23.7. The highest BCUT2D eigenvalue weighted by Gasteiger charge is 2.42. The second-order valence-corrected chi connectivity index (χ2v) is 11.2. The molecule has 3 unspecified atom stereocenters. The zero-order chi connectivity index (χ0) is 25.7. The molecule has 0 radical (unpaired) electrons. The number of benzene rings is 2. The van der Waals surface area contributed by atoms with Gasteiger partial charge in [-0.15, -0.1) is 0 Å². The number of carboxylic acid groups (broad SMARTS) is 1. The van der Waals surface area contributed by atoms with Crippen molar-refractivity contribution in [3.8, 4) is 0 Å². The summed E-state index contributed by atoms with van der Waals surface area (Å²) < 4.78 is 29.6. The van der Waals surface area contributed by atoms with Crippen molar-refractivity contribution in [1.82, 2.24) is 9.80 Å². The number of carboxylic acids is 1. The number of aliphatic carboxylic acids is 1. The third-order valence-corrected chi connectivity index (χ3v) is 8.20. The summed E-state index contributed by atoms with van der Waals surface area (Å²) >= 11 is 0. The van der Waals surface area contributed by atoms with Gasteiger partial charge in [-0.05, 0) is 67.2 Å². The molecule has 0 aliphatic carbocycles. The summed E-state index contributed by atoms with van der Waals surface area (Å²) in [5.41, 5.74) is 1.07. The number of hydrogen-bond donors (Lipinski definition) is 1. The largest absolute Gasteiger partial charge is 0.480 e. The molecule has 0 bridgehead atoms. The Balaban J connectivity index is 1.37. The molecule has 2 aliphatic rings. The Labute approximate surface area is 214 Å². The Kier molecular flexibility index (Phi) is 8.78. The number of carbonyl (C=O) groups is 1. The summed E-state index contributed by atoms with van der Waals surface area (Å²) in [6.07, 6.45) is 3.42. The second-order valence-electron chi connectivity index (χ2n) is 11.2. The molecule has 196 valence electrons. The molecular weight excluding hydrogens is 458 g/mol. The summed E-state index contributed by atoms with van der Waals surface area (Å²) in [6.45, 7) is 7.33. The molecule has 3 atom stereocenters. The molecule has 2 fully saturated rings. The standard InChI is InChI=1S/C30H40F2N2O2/c1-22(2)28(29(35)36)34-20-25(27(21-34)24-11-6-12-26(31)18-24)19-33-16-14-30(32,15-17-33)13-7-10-23-8-4-3-5-9-23/h3-6,8-9,11-12,18,22,25,27-28H,7,10,13-17,19-21H2,1-2H3,(H,35,36). The predicted molar refractivity (Wildman–Crippen MR) is 139 cm³/mol. The maximum absolute atomic E-state index is 15.6. The Bertz CT molecular complexity index is 991. The second kappa shape index (κ2) is 11.8. The minimum absolute atomic E-state index is 0.0209. The molecule has 1 N–H and O–H groups in total. The minimum Gasteiger partial charge on any atom is -0.480 e. The first-order valence-electron chi connectivity index (χ1n) is 13.4. The molecule has 6 heteroatoms. The van der Waals surface area contributed by atoms with E-state index in [9.17, 15) is 14.3 Å². The first-order valence-corrected chi connectivity index (χ1v) is 13.4. The maximum atomic E-state index is 15.6. The van der Waals surface area contributed by atoms with Gasteiger partial charge in [0.25, 0.3) is 0 Å². The van der Waals surface area contributed by atoms with Crippen LogP contribution in [0.4, 0.5) is 8.78 Å². The van der Waals surface area contributed by atoms with Crippen LogP contribution in [0.1, 0.15) is 56.6 Å². The van der Waals surface area contributed by atoms with Crippen LogP contribution >= 0.6 is 0 Å². The van der Waals surface area contributed by atoms with Crippen LogP contribution in [0.15, 0.2) is 54.6 Å². The van der Waals surface area contributed by atoms with Crippen LogP contribution in [0.3, 0.4) is 0 Å². The van der Waals surface area contributed by atoms with E-state index in [0.29, 0.717) is 45.4 Å². The van der Waals surface area contributed by atoms with E-state index in [1.807, 2.05) is 38.1 Å². The fourth-order valence-electron chi connectivity index (χ4n) is 6.27. The molecule has 2 aromatic carbocycles. The van der Waals surface area contributed by atoms with Crippen LogP contribution in [-0.4, -0.2) is 65.3 Å². The fraction of sp³-hybridized carbons (Fsp3) is 0.567. The van der Waals surface area contributed by atoms with Crippen molar-refractivity contribution in [2.45, 2.75) is 63.6 Å². The van der Waals surface area contributed by atoms with Gasteiger partial charge in [-0.25, -0.2) is 8.78 Å². The van der Waals surface area contributed by atoms with Gasteiger partial charge in [-0.3, -0.25) is 9.69 Å². The lowest BCUT2D eigenvalue weighted by atomic mass is 9.85. The van der Waals surface area contributed by atoms with E-state index in [1.54, 1.807) is 12.1 Å². The fourth-order valence-corrected chi connectivity index (χ4v) is 6.27. The lowest BCUT2D eigenvalue weighted by molar-refractivity contribution is -0.144. The third kappa shape index (κ3) is 6.71. The summed E-state index contributed by atoms with van der Waals surface area (Å²) in [6, 6.07) is 16.4. The average Bonchev–Trinajstić information content (AvgIpc) is 3.24. The molecule has 36 heavy (non-hydrogen) atoms. The number of hydrogen-bond acceptors (Lipinski definition) is 3. The van der Waals surface area contributed by atoms with E-state index >= 15 is 4.39 Å². The molecule has 4 rings (SSSR count). The lowest BCUT2D eigenvalue weighted by Gasteiger charge is -2.38. The first-order chi connectivity index (χ1) is 17.2. The van der Waals surface area contributed by atoms with Gasteiger partial charge >= 0.3 is 5.97 Å². The number of likely N-dealkylation sites (tertiary alicyclic amines) is 2. The predicted octanol–water partition coefficient (Wildman–Crippen LogP) is 5.78. The highest BCUT2D eigenvalue weighted by Crippen LogP contribution is 2.38. The molecule has 4 nitrogen and oxygen atoms in total. The van der Waals surface area contributed by atoms with Gasteiger partial charge in [0.2, 0.25) is 0 Å². The van der Waals surface area contributed by atoms with Gasteiger partial charge in [-0.2, -0.15) is 0 Å². The van der Waals surface area contributed by atoms with Gasteiger partial charge < -0.3 is 10.0 Å². The number of aryl methyl sites for hydroxylation is 1. The SMILES string of the molecule is CC(C)C(C(=O)O)N1CC(CN2CCC(F)(CCCc3ccccc3)CC2)C(c2cccc(F)c2)C1. The van der Waals surface area contributed by atoms with Crippen LogP contribution in [0.5, 0.6) is 0 Å². The van der Waals surface area contributed by atoms with Crippen LogP contribution in [0.2, 0.25) is 0 Å². The van der Waals surface area contributed by atoms with Crippen LogP contribution < -0.4 is 0 Å². The van der Waals surface area contributed by atoms with Crippen molar-refractivity contribution >= 4 is 5.97 Å². The Morgan fingerprint density at radius 2 is 1.81 bits per heavy atom. The van der Waals surface area contributed by atoms with Gasteiger partial charge in [0.1, 0.15) is 17.5 Å². The highest BCUT2D eigenvalue weighted by molar-refractivity contribution is 5.73. The highest BCUT2D eigenvalue weighted by atomic mass is 19.1. The number of nitrogens with zero attached hydrogens (tertiary/aromatic N) is 2. The smallest absolute Gasteiger partial charge is 0.321 e. The molecule has 2 aromatic rings. The van der Waals surface area contributed by atoms with Gasteiger partial charge in [0.15, 0.2) is 0 Å². The van der Waals surface area contributed by atoms with Crippen molar-refractivity contribution in [1.29, 1.82) is 0 Å². The molecule has 0 spiro atoms. The van der Waals surface area contributed by atoms with E-state index in [4.69, 9.17) is 0 Å². The van der Waals surface area contributed by atoms with Crippen LogP contribution in [-0.2, 0) is 11.2 Å². The van der Waals surface area contributed by atoms with Crippen molar-refractivity contribution in [2.75, 3.05) is 32.7 Å². The van der Waals surface area contributed by atoms with E-state index in [0.717, 1.165) is 24.9 Å². The summed E-state index contributed by atoms with van der Waals surface area (Å²) in [5.74, 6) is -0.854.